The largest absolute Gasteiger partial charge is 0.462 e. The van der Waals surface area contributed by atoms with Crippen LogP contribution in [0.25, 0.3) is 0 Å². The van der Waals surface area contributed by atoms with Crippen LogP contribution in [0.4, 0.5) is 0 Å². The molecule has 92 valence electrons. The highest BCUT2D eigenvalue weighted by Crippen LogP contribution is 2.16. The standard InChI is InChI=1S/C12H14BrNO3/c1-8-5-9(7-10(13)6-8)12(16)17-4-2-3-11(14)15/h5-7H,2-4H2,1H3,(H2,14,15). The molecule has 0 unspecified atom stereocenters. The van der Waals surface area contributed by atoms with Gasteiger partial charge in [0.1, 0.15) is 0 Å². The summed E-state index contributed by atoms with van der Waals surface area (Å²) in [7, 11) is 0. The van der Waals surface area contributed by atoms with E-state index in [0.717, 1.165) is 10.0 Å². The Bertz CT molecular complexity index is 412. The van der Waals surface area contributed by atoms with E-state index in [1.54, 1.807) is 12.1 Å². The molecule has 0 fully saturated rings. The van der Waals surface area contributed by atoms with Gasteiger partial charge in [-0.3, -0.25) is 4.79 Å². The quantitative estimate of drug-likeness (QED) is 0.669. The number of esters is 1. The SMILES string of the molecule is Cc1cc(Br)cc(C(=O)OCCCC(N)=O)c1. The predicted molar refractivity (Wildman–Crippen MR) is 67.6 cm³/mol. The number of rotatable bonds is 5. The zero-order chi connectivity index (χ0) is 12.8. The highest BCUT2D eigenvalue weighted by Gasteiger charge is 2.08. The van der Waals surface area contributed by atoms with Crippen LogP contribution in [0.5, 0.6) is 0 Å². The van der Waals surface area contributed by atoms with Crippen molar-refractivity contribution in [3.8, 4) is 0 Å². The van der Waals surface area contributed by atoms with Gasteiger partial charge in [0.05, 0.1) is 12.2 Å². The maximum atomic E-state index is 11.6. The molecular formula is C12H14BrNO3. The van der Waals surface area contributed by atoms with Gasteiger partial charge in [0.2, 0.25) is 5.91 Å². The van der Waals surface area contributed by atoms with Gasteiger partial charge in [-0.25, -0.2) is 4.79 Å². The van der Waals surface area contributed by atoms with Crippen molar-refractivity contribution in [1.29, 1.82) is 0 Å². The van der Waals surface area contributed by atoms with Crippen LogP contribution < -0.4 is 5.73 Å². The summed E-state index contributed by atoms with van der Waals surface area (Å²) in [6, 6.07) is 5.36. The third kappa shape index (κ3) is 4.99. The van der Waals surface area contributed by atoms with Gasteiger partial charge in [0.15, 0.2) is 0 Å². The average Bonchev–Trinajstić information content (AvgIpc) is 2.22. The number of halogens is 1. The molecule has 1 rings (SSSR count). The fourth-order valence-electron chi connectivity index (χ4n) is 1.35. The van der Waals surface area contributed by atoms with E-state index in [1.165, 1.54) is 0 Å². The maximum absolute atomic E-state index is 11.6. The fourth-order valence-corrected chi connectivity index (χ4v) is 1.96. The van der Waals surface area contributed by atoms with E-state index in [2.05, 4.69) is 15.9 Å². The van der Waals surface area contributed by atoms with Crippen molar-refractivity contribution < 1.29 is 14.3 Å². The molecular weight excluding hydrogens is 286 g/mol. The Morgan fingerprint density at radius 3 is 2.65 bits per heavy atom. The monoisotopic (exact) mass is 299 g/mol. The lowest BCUT2D eigenvalue weighted by atomic mass is 10.1. The van der Waals surface area contributed by atoms with Gasteiger partial charge in [0, 0.05) is 10.9 Å². The molecule has 0 saturated carbocycles. The van der Waals surface area contributed by atoms with Crippen LogP contribution in [-0.2, 0) is 9.53 Å². The van der Waals surface area contributed by atoms with Gasteiger partial charge < -0.3 is 10.5 Å². The van der Waals surface area contributed by atoms with Crippen molar-refractivity contribution in [1.82, 2.24) is 0 Å². The highest BCUT2D eigenvalue weighted by atomic mass is 79.9. The molecule has 0 aromatic heterocycles. The Labute approximate surface area is 108 Å². The van der Waals surface area contributed by atoms with E-state index in [0.29, 0.717) is 12.0 Å². The number of hydrogen-bond donors (Lipinski definition) is 1. The Kier molecular flexibility index (Phi) is 5.15. The van der Waals surface area contributed by atoms with Crippen LogP contribution in [0.2, 0.25) is 0 Å². The van der Waals surface area contributed by atoms with Crippen molar-refractivity contribution in [3.05, 3.63) is 33.8 Å². The van der Waals surface area contributed by atoms with Crippen LogP contribution in [-0.4, -0.2) is 18.5 Å². The summed E-state index contributed by atoms with van der Waals surface area (Å²) >= 11 is 3.31. The summed E-state index contributed by atoms with van der Waals surface area (Å²) in [6.07, 6.45) is 0.679. The predicted octanol–water partition coefficient (Wildman–Crippen LogP) is 2.18. The van der Waals surface area contributed by atoms with Crippen LogP contribution in [0.3, 0.4) is 0 Å². The molecule has 2 N–H and O–H groups in total. The minimum Gasteiger partial charge on any atom is -0.462 e. The number of nitrogens with two attached hydrogens (primary N) is 1. The molecule has 0 heterocycles. The lowest BCUT2D eigenvalue weighted by Gasteiger charge is -2.05. The first kappa shape index (κ1) is 13.7. The maximum Gasteiger partial charge on any atom is 0.338 e. The molecule has 0 spiro atoms. The first-order valence-electron chi connectivity index (χ1n) is 5.21. The Morgan fingerprint density at radius 1 is 1.35 bits per heavy atom. The number of carbonyl (C=O) groups is 2. The van der Waals surface area contributed by atoms with Gasteiger partial charge in [-0.2, -0.15) is 0 Å². The molecule has 1 aromatic carbocycles. The molecule has 1 amide bonds. The third-order valence-electron chi connectivity index (χ3n) is 2.08. The molecule has 17 heavy (non-hydrogen) atoms. The van der Waals surface area contributed by atoms with E-state index in [1.807, 2.05) is 13.0 Å². The number of primary amides is 1. The van der Waals surface area contributed by atoms with Gasteiger partial charge >= 0.3 is 5.97 Å². The molecule has 0 saturated heterocycles. The molecule has 0 atom stereocenters. The third-order valence-corrected chi connectivity index (χ3v) is 2.54. The highest BCUT2D eigenvalue weighted by molar-refractivity contribution is 9.10. The van der Waals surface area contributed by atoms with E-state index in [4.69, 9.17) is 10.5 Å². The van der Waals surface area contributed by atoms with Crippen molar-refractivity contribution in [2.75, 3.05) is 6.61 Å². The first-order valence-corrected chi connectivity index (χ1v) is 6.01. The van der Waals surface area contributed by atoms with Crippen LogP contribution >= 0.6 is 15.9 Å². The Hall–Kier alpha value is -1.36. The van der Waals surface area contributed by atoms with Crippen LogP contribution in [0.1, 0.15) is 28.8 Å². The number of amides is 1. The lowest BCUT2D eigenvalue weighted by molar-refractivity contribution is -0.118. The van der Waals surface area contributed by atoms with E-state index >= 15 is 0 Å². The Balaban J connectivity index is 2.49. The van der Waals surface area contributed by atoms with Crippen molar-refractivity contribution in [3.63, 3.8) is 0 Å². The van der Waals surface area contributed by atoms with Crippen molar-refractivity contribution in [2.45, 2.75) is 19.8 Å². The summed E-state index contributed by atoms with van der Waals surface area (Å²) in [5.41, 5.74) is 6.45. The second kappa shape index (κ2) is 6.39. The van der Waals surface area contributed by atoms with Gasteiger partial charge in [-0.1, -0.05) is 15.9 Å². The summed E-state index contributed by atoms with van der Waals surface area (Å²) in [5, 5.41) is 0. The number of hydrogen-bond acceptors (Lipinski definition) is 3. The van der Waals surface area contributed by atoms with Crippen LogP contribution in [0.15, 0.2) is 22.7 Å². The fraction of sp³-hybridized carbons (Fsp3) is 0.333. The normalized spacial score (nSPS) is 10.0. The lowest BCUT2D eigenvalue weighted by Crippen LogP contribution is -2.13. The van der Waals surface area contributed by atoms with Crippen molar-refractivity contribution in [2.24, 2.45) is 5.73 Å². The van der Waals surface area contributed by atoms with Gasteiger partial charge in [-0.15, -0.1) is 0 Å². The molecule has 1 aromatic rings. The topological polar surface area (TPSA) is 69.4 Å². The molecule has 0 bridgehead atoms. The Morgan fingerprint density at radius 2 is 2.06 bits per heavy atom. The zero-order valence-electron chi connectivity index (χ0n) is 9.53. The molecule has 5 heteroatoms. The second-order valence-corrected chi connectivity index (χ2v) is 4.64. The number of aryl methyl sites for hydroxylation is 1. The summed E-state index contributed by atoms with van der Waals surface area (Å²) < 4.78 is 5.86. The minimum atomic E-state index is -0.390. The van der Waals surface area contributed by atoms with Crippen LogP contribution in [0, 0.1) is 6.92 Å². The molecule has 0 aliphatic heterocycles. The molecule has 4 nitrogen and oxygen atoms in total. The average molecular weight is 300 g/mol. The molecule has 0 radical (unpaired) electrons. The number of carbonyl (C=O) groups excluding carboxylic acids is 2. The summed E-state index contributed by atoms with van der Waals surface area (Å²) in [6.45, 7) is 2.10. The zero-order valence-corrected chi connectivity index (χ0v) is 11.1. The summed E-state index contributed by atoms with van der Waals surface area (Å²) in [4.78, 5) is 22.1. The number of ether oxygens (including phenoxy) is 1. The van der Waals surface area contributed by atoms with Gasteiger partial charge in [0.25, 0.3) is 0 Å². The van der Waals surface area contributed by atoms with Crippen molar-refractivity contribution >= 4 is 27.8 Å². The van der Waals surface area contributed by atoms with E-state index in [9.17, 15) is 9.59 Å². The minimum absolute atomic E-state index is 0.202. The smallest absolute Gasteiger partial charge is 0.338 e. The summed E-state index contributed by atoms with van der Waals surface area (Å²) in [5.74, 6) is -0.779. The number of benzene rings is 1. The van der Waals surface area contributed by atoms with E-state index in [-0.39, 0.29) is 24.9 Å². The first-order chi connectivity index (χ1) is 7.99. The van der Waals surface area contributed by atoms with Gasteiger partial charge in [-0.05, 0) is 37.1 Å². The van der Waals surface area contributed by atoms with E-state index < -0.39 is 0 Å². The molecule has 0 aliphatic carbocycles. The second-order valence-electron chi connectivity index (χ2n) is 3.72. The molecule has 0 aliphatic rings.